The fourth-order valence-electron chi connectivity index (χ4n) is 2.37. The molecule has 2 aromatic rings. The highest BCUT2D eigenvalue weighted by molar-refractivity contribution is 5.80. The molecule has 1 aromatic heterocycles. The number of halogens is 6. The van der Waals surface area contributed by atoms with Gasteiger partial charge in [0.1, 0.15) is 0 Å². The lowest BCUT2D eigenvalue weighted by Gasteiger charge is -2.34. The average Bonchev–Trinajstić information content (AvgIpc) is 2.53. The number of hydrogen-bond donors (Lipinski definition) is 2. The molecule has 0 aliphatic carbocycles. The van der Waals surface area contributed by atoms with Crippen molar-refractivity contribution >= 4 is 11.7 Å². The van der Waals surface area contributed by atoms with Crippen molar-refractivity contribution < 1.29 is 36.1 Å². The van der Waals surface area contributed by atoms with Gasteiger partial charge < -0.3 is 0 Å². The van der Waals surface area contributed by atoms with Crippen molar-refractivity contribution in [1.82, 2.24) is 5.32 Å². The summed E-state index contributed by atoms with van der Waals surface area (Å²) >= 11 is 0. The van der Waals surface area contributed by atoms with Crippen LogP contribution in [0.3, 0.4) is 0 Å². The van der Waals surface area contributed by atoms with Crippen LogP contribution < -0.4 is 15.6 Å². The van der Waals surface area contributed by atoms with Crippen molar-refractivity contribution in [3.05, 3.63) is 59.8 Å². The maximum Gasteiger partial charge on any atom is 0.462 e. The summed E-state index contributed by atoms with van der Waals surface area (Å²) in [6, 6.07) is 11.2. The maximum absolute atomic E-state index is 13.5. The summed E-state index contributed by atoms with van der Waals surface area (Å²) < 4.78 is 81.3. The van der Waals surface area contributed by atoms with Crippen LogP contribution in [-0.4, -0.2) is 23.9 Å². The van der Waals surface area contributed by atoms with Crippen LogP contribution in [0.25, 0.3) is 0 Å². The molecule has 0 saturated carbocycles. The van der Waals surface area contributed by atoms with E-state index in [1.54, 1.807) is 6.07 Å². The minimum Gasteiger partial charge on any atom is -0.300 e. The summed E-state index contributed by atoms with van der Waals surface area (Å²) in [6.45, 7) is 1.46. The summed E-state index contributed by atoms with van der Waals surface area (Å²) in [4.78, 5) is 14.4. The molecule has 1 amide bonds. The van der Waals surface area contributed by atoms with E-state index >= 15 is 0 Å². The molecule has 4 nitrogen and oxygen atoms in total. The lowest BCUT2D eigenvalue weighted by Crippen LogP contribution is -2.72. The van der Waals surface area contributed by atoms with E-state index in [2.05, 4.69) is 4.98 Å². The summed E-state index contributed by atoms with van der Waals surface area (Å²) in [5.41, 5.74) is -4.06. The number of aromatic amines is 1. The largest absolute Gasteiger partial charge is 0.462 e. The van der Waals surface area contributed by atoms with Crippen LogP contribution in [0.5, 0.6) is 0 Å². The molecule has 3 N–H and O–H groups in total. The van der Waals surface area contributed by atoms with Gasteiger partial charge >= 0.3 is 18.0 Å². The Bertz CT molecular complexity index is 775. The first kappa shape index (κ1) is 20.5. The second kappa shape index (κ2) is 7.45. The molecule has 0 aliphatic rings. The summed E-state index contributed by atoms with van der Waals surface area (Å²) in [5.74, 6) is -1.99. The predicted molar refractivity (Wildman–Crippen MR) is 84.5 cm³/mol. The van der Waals surface area contributed by atoms with Crippen LogP contribution in [-0.2, 0) is 11.2 Å². The summed E-state index contributed by atoms with van der Waals surface area (Å²) in [5, 5.41) is 2.50. The predicted octanol–water partition coefficient (Wildman–Crippen LogP) is 3.40. The number of carbonyl (C=O) groups excluding carboxylic acids is 1. The minimum absolute atomic E-state index is 0.273. The fraction of sp³-hybridized carbons (Fsp3) is 0.294. The number of anilines is 1. The fourth-order valence-corrected chi connectivity index (χ4v) is 2.37. The number of pyridine rings is 1. The van der Waals surface area contributed by atoms with Gasteiger partial charge in [-0.3, -0.25) is 10.1 Å². The zero-order chi connectivity index (χ0) is 20.3. The molecule has 0 fully saturated rings. The molecule has 0 spiro atoms. The smallest absolute Gasteiger partial charge is 0.300 e. The zero-order valence-electron chi connectivity index (χ0n) is 14.0. The third-order valence-corrected chi connectivity index (χ3v) is 3.65. The van der Waals surface area contributed by atoms with Crippen molar-refractivity contribution in [2.75, 3.05) is 5.32 Å². The molecule has 146 valence electrons. The molecule has 1 aromatic carbocycles. The van der Waals surface area contributed by atoms with Crippen LogP contribution in [0.2, 0.25) is 0 Å². The number of benzene rings is 1. The first-order valence-corrected chi connectivity index (χ1v) is 7.70. The molecule has 1 heterocycles. The molecule has 0 unspecified atom stereocenters. The Hall–Kier alpha value is -2.78. The zero-order valence-corrected chi connectivity index (χ0v) is 14.0. The van der Waals surface area contributed by atoms with E-state index in [1.165, 1.54) is 48.6 Å². The molecule has 0 atom stereocenters. The average molecular weight is 392 g/mol. The van der Waals surface area contributed by atoms with Crippen molar-refractivity contribution in [3.63, 3.8) is 0 Å². The number of carbonyl (C=O) groups is 1. The Kier molecular flexibility index (Phi) is 5.67. The number of H-pyrrole nitrogens is 1. The Labute approximate surface area is 150 Å². The van der Waals surface area contributed by atoms with E-state index in [0.29, 0.717) is 5.69 Å². The third-order valence-electron chi connectivity index (χ3n) is 3.65. The van der Waals surface area contributed by atoms with Crippen LogP contribution in [0, 0.1) is 6.92 Å². The Balaban J connectivity index is 2.40. The molecule has 27 heavy (non-hydrogen) atoms. The Morgan fingerprint density at radius 1 is 0.926 bits per heavy atom. The van der Waals surface area contributed by atoms with Gasteiger partial charge in [-0.05, 0) is 18.6 Å². The Morgan fingerprint density at radius 3 is 2.04 bits per heavy atom. The van der Waals surface area contributed by atoms with E-state index in [9.17, 15) is 31.1 Å². The van der Waals surface area contributed by atoms with E-state index in [1.807, 2.05) is 0 Å². The van der Waals surface area contributed by atoms with Gasteiger partial charge in [-0.1, -0.05) is 36.4 Å². The SMILES string of the molecule is Cc1cccc(NC(NC(=O)Cc2ccccc2)(C(F)(F)F)C(F)(F)F)[nH+]1. The molecule has 0 radical (unpaired) electrons. The highest BCUT2D eigenvalue weighted by Crippen LogP contribution is 2.43. The molecular weight excluding hydrogens is 376 g/mol. The number of rotatable bonds is 5. The summed E-state index contributed by atoms with van der Waals surface area (Å²) in [6.07, 6.45) is -12.4. The van der Waals surface area contributed by atoms with Crippen molar-refractivity contribution in [2.24, 2.45) is 0 Å². The third kappa shape index (κ3) is 4.69. The van der Waals surface area contributed by atoms with Crippen LogP contribution >= 0.6 is 0 Å². The van der Waals surface area contributed by atoms with Gasteiger partial charge in [-0.15, -0.1) is 0 Å². The second-order valence-electron chi connectivity index (χ2n) is 5.83. The van der Waals surface area contributed by atoms with Crippen LogP contribution in [0.15, 0.2) is 48.5 Å². The number of alkyl halides is 6. The monoisotopic (exact) mass is 392 g/mol. The maximum atomic E-state index is 13.5. The summed E-state index contributed by atoms with van der Waals surface area (Å²) in [7, 11) is 0. The number of amides is 1. The van der Waals surface area contributed by atoms with E-state index in [0.717, 1.165) is 11.4 Å². The number of hydrogen-bond acceptors (Lipinski definition) is 2. The molecular formula is C17H16F6N3O+. The van der Waals surface area contributed by atoms with Crippen LogP contribution in [0.4, 0.5) is 32.2 Å². The quantitative estimate of drug-likeness (QED) is 0.605. The number of nitrogens with one attached hydrogen (secondary N) is 3. The Morgan fingerprint density at radius 2 is 1.52 bits per heavy atom. The molecule has 0 saturated heterocycles. The number of aryl methyl sites for hydroxylation is 1. The van der Waals surface area contributed by atoms with E-state index in [4.69, 9.17) is 0 Å². The van der Waals surface area contributed by atoms with Crippen LogP contribution in [0.1, 0.15) is 11.3 Å². The molecule has 0 aliphatic heterocycles. The molecule has 2 rings (SSSR count). The lowest BCUT2D eigenvalue weighted by molar-refractivity contribution is -0.376. The first-order valence-electron chi connectivity index (χ1n) is 7.70. The highest BCUT2D eigenvalue weighted by Gasteiger charge is 2.76. The van der Waals surface area contributed by atoms with Gasteiger partial charge in [-0.2, -0.15) is 26.3 Å². The van der Waals surface area contributed by atoms with Gasteiger partial charge in [0.15, 0.2) is 0 Å². The molecule has 10 heteroatoms. The van der Waals surface area contributed by atoms with Crippen molar-refractivity contribution in [2.45, 2.75) is 31.4 Å². The number of aromatic nitrogens is 1. The van der Waals surface area contributed by atoms with Gasteiger partial charge in [0, 0.05) is 6.07 Å². The van der Waals surface area contributed by atoms with Gasteiger partial charge in [-0.25, -0.2) is 10.3 Å². The van der Waals surface area contributed by atoms with E-state index in [-0.39, 0.29) is 5.56 Å². The van der Waals surface area contributed by atoms with E-state index < -0.39 is 36.2 Å². The van der Waals surface area contributed by atoms with Crippen molar-refractivity contribution in [1.29, 1.82) is 0 Å². The van der Waals surface area contributed by atoms with Gasteiger partial charge in [0.2, 0.25) is 5.91 Å². The lowest BCUT2D eigenvalue weighted by atomic mass is 10.1. The molecule has 0 bridgehead atoms. The van der Waals surface area contributed by atoms with Gasteiger partial charge in [0.05, 0.1) is 12.1 Å². The second-order valence-corrected chi connectivity index (χ2v) is 5.83. The normalized spacial score (nSPS) is 12.6. The topological polar surface area (TPSA) is 55.3 Å². The highest BCUT2D eigenvalue weighted by atomic mass is 19.4. The first-order chi connectivity index (χ1) is 12.4. The van der Waals surface area contributed by atoms with Gasteiger partial charge in [0.25, 0.3) is 5.82 Å². The van der Waals surface area contributed by atoms with Crippen molar-refractivity contribution in [3.8, 4) is 0 Å². The minimum atomic E-state index is -5.87. The standard InChI is InChI=1S/C17H15F6N3O/c1-11-6-5-9-13(24-11)25-15(16(18,19)20,17(21,22)23)26-14(27)10-12-7-3-2-4-8-12/h2-9H,10H2,1H3,(H,24,25)(H,26,27)/p+1.